The topological polar surface area (TPSA) is 9.23 Å². The van der Waals surface area contributed by atoms with Gasteiger partial charge in [-0.15, -0.1) is 0 Å². The van der Waals surface area contributed by atoms with Gasteiger partial charge in [0.25, 0.3) is 0 Å². The molecule has 59 valence electrons. The molecule has 0 aliphatic heterocycles. The molecule has 0 saturated heterocycles. The first kappa shape index (κ1) is 9.76. The van der Waals surface area contributed by atoms with E-state index in [-0.39, 0.29) is 14.4 Å². The zero-order valence-corrected chi connectivity index (χ0v) is 8.56. The summed E-state index contributed by atoms with van der Waals surface area (Å²) in [5.74, 6) is 0. The molecule has 0 bridgehead atoms. The molecular formula is C8H17OSi. The van der Waals surface area contributed by atoms with Gasteiger partial charge in [-0.25, -0.2) is 0 Å². The molecule has 0 aliphatic rings. The maximum Gasteiger partial charge on any atom is 0.0997 e. The SMILES string of the molecule is C[Si](C)/C=C/OC(C)(C)C. The minimum atomic E-state index is -0.262. The van der Waals surface area contributed by atoms with Gasteiger partial charge in [-0.3, -0.25) is 0 Å². The summed E-state index contributed by atoms with van der Waals surface area (Å²) in [6, 6.07) is 0. The minimum Gasteiger partial charge on any atom is -0.497 e. The molecule has 0 atom stereocenters. The predicted molar refractivity (Wildman–Crippen MR) is 47.5 cm³/mol. The van der Waals surface area contributed by atoms with Gasteiger partial charge in [0, 0.05) is 0 Å². The minimum absolute atomic E-state index is 0.0339. The predicted octanol–water partition coefficient (Wildman–Crippen LogP) is 2.61. The summed E-state index contributed by atoms with van der Waals surface area (Å²) in [7, 11) is -0.262. The van der Waals surface area contributed by atoms with Crippen LogP contribution in [0.3, 0.4) is 0 Å². The molecule has 0 saturated carbocycles. The van der Waals surface area contributed by atoms with Crippen LogP contribution >= 0.6 is 0 Å². The molecule has 0 heterocycles. The average Bonchev–Trinajstić information content (AvgIpc) is 1.59. The molecule has 0 N–H and O–H groups in total. The summed E-state index contributed by atoms with van der Waals surface area (Å²) in [6.45, 7) is 10.6. The van der Waals surface area contributed by atoms with E-state index < -0.39 is 0 Å². The largest absolute Gasteiger partial charge is 0.497 e. The zero-order chi connectivity index (χ0) is 8.20. The molecule has 0 fully saturated rings. The van der Waals surface area contributed by atoms with Crippen molar-refractivity contribution < 1.29 is 4.74 Å². The van der Waals surface area contributed by atoms with Gasteiger partial charge in [-0.1, -0.05) is 18.8 Å². The fourth-order valence-corrected chi connectivity index (χ4v) is 0.714. The summed E-state index contributed by atoms with van der Waals surface area (Å²) in [5.41, 5.74) is 2.11. The van der Waals surface area contributed by atoms with Crippen molar-refractivity contribution in [1.82, 2.24) is 0 Å². The Morgan fingerprint density at radius 1 is 1.20 bits per heavy atom. The van der Waals surface area contributed by atoms with Crippen LogP contribution in [0.4, 0.5) is 0 Å². The van der Waals surface area contributed by atoms with E-state index in [0.717, 1.165) is 0 Å². The Labute approximate surface area is 65.7 Å². The summed E-state index contributed by atoms with van der Waals surface area (Å²) in [5, 5.41) is 0. The Bertz CT molecular complexity index is 111. The Hall–Kier alpha value is -0.243. The summed E-state index contributed by atoms with van der Waals surface area (Å²) < 4.78 is 5.39. The van der Waals surface area contributed by atoms with E-state index in [1.54, 1.807) is 0 Å². The molecule has 0 spiro atoms. The second kappa shape index (κ2) is 3.81. The first-order valence-electron chi connectivity index (χ1n) is 3.56. The molecule has 1 radical (unpaired) electrons. The van der Waals surface area contributed by atoms with Crippen molar-refractivity contribution in [3.8, 4) is 0 Å². The first-order chi connectivity index (χ1) is 4.42. The lowest BCUT2D eigenvalue weighted by atomic mass is 10.2. The van der Waals surface area contributed by atoms with Crippen LogP contribution in [0.15, 0.2) is 12.0 Å². The number of hydrogen-bond donors (Lipinski definition) is 0. The van der Waals surface area contributed by atoms with E-state index in [0.29, 0.717) is 0 Å². The second-order valence-electron chi connectivity index (χ2n) is 3.61. The molecule has 0 amide bonds. The zero-order valence-electron chi connectivity index (χ0n) is 7.56. The Kier molecular flexibility index (Phi) is 3.72. The normalized spacial score (nSPS) is 13.0. The van der Waals surface area contributed by atoms with Crippen LogP contribution in [0.25, 0.3) is 0 Å². The maximum atomic E-state index is 5.39. The van der Waals surface area contributed by atoms with Crippen LogP contribution in [-0.4, -0.2) is 14.4 Å². The lowest BCUT2D eigenvalue weighted by molar-refractivity contribution is 0.0770. The molecule has 0 aliphatic carbocycles. The van der Waals surface area contributed by atoms with Crippen molar-refractivity contribution in [3.05, 3.63) is 12.0 Å². The summed E-state index contributed by atoms with van der Waals surface area (Å²) in [4.78, 5) is 0. The Balaban J connectivity index is 3.54. The molecule has 2 heteroatoms. The molecule has 0 unspecified atom stereocenters. The standard InChI is InChI=1S/C8H17OSi/c1-8(2,3)9-6-7-10(4)5/h6-7H,1-5H3/b7-6+. The highest BCUT2D eigenvalue weighted by molar-refractivity contribution is 6.61. The van der Waals surface area contributed by atoms with Gasteiger partial charge in [-0.05, 0) is 20.8 Å². The summed E-state index contributed by atoms with van der Waals surface area (Å²) >= 11 is 0. The van der Waals surface area contributed by atoms with Gasteiger partial charge in [0.15, 0.2) is 0 Å². The summed E-state index contributed by atoms with van der Waals surface area (Å²) in [6.07, 6.45) is 1.83. The van der Waals surface area contributed by atoms with Gasteiger partial charge in [-0.2, -0.15) is 0 Å². The van der Waals surface area contributed by atoms with Crippen LogP contribution < -0.4 is 0 Å². The van der Waals surface area contributed by atoms with E-state index in [2.05, 4.69) is 39.6 Å². The van der Waals surface area contributed by atoms with E-state index in [1.807, 2.05) is 6.26 Å². The van der Waals surface area contributed by atoms with Gasteiger partial charge in [0.2, 0.25) is 0 Å². The molecule has 0 aromatic heterocycles. The number of rotatable bonds is 2. The van der Waals surface area contributed by atoms with Crippen LogP contribution in [0.1, 0.15) is 20.8 Å². The highest BCUT2D eigenvalue weighted by Crippen LogP contribution is 2.06. The molecule has 0 aromatic rings. The maximum absolute atomic E-state index is 5.39. The Morgan fingerprint density at radius 3 is 2.00 bits per heavy atom. The lowest BCUT2D eigenvalue weighted by Gasteiger charge is -2.17. The molecule has 1 nitrogen and oxygen atoms in total. The van der Waals surface area contributed by atoms with Crippen molar-refractivity contribution in [2.75, 3.05) is 0 Å². The van der Waals surface area contributed by atoms with Crippen molar-refractivity contribution in [2.24, 2.45) is 0 Å². The average molecular weight is 157 g/mol. The van der Waals surface area contributed by atoms with E-state index in [1.165, 1.54) is 0 Å². The van der Waals surface area contributed by atoms with E-state index in [4.69, 9.17) is 4.74 Å². The fraction of sp³-hybridized carbons (Fsp3) is 0.750. The van der Waals surface area contributed by atoms with Crippen LogP contribution in [0, 0.1) is 0 Å². The quantitative estimate of drug-likeness (QED) is 0.442. The monoisotopic (exact) mass is 157 g/mol. The smallest absolute Gasteiger partial charge is 0.0997 e. The van der Waals surface area contributed by atoms with Crippen molar-refractivity contribution in [2.45, 2.75) is 39.5 Å². The van der Waals surface area contributed by atoms with Crippen molar-refractivity contribution in [1.29, 1.82) is 0 Å². The van der Waals surface area contributed by atoms with Crippen molar-refractivity contribution in [3.63, 3.8) is 0 Å². The van der Waals surface area contributed by atoms with Gasteiger partial charge in [0.1, 0.15) is 0 Å². The fourth-order valence-electron chi connectivity index (χ4n) is 0.374. The van der Waals surface area contributed by atoms with E-state index in [9.17, 15) is 0 Å². The van der Waals surface area contributed by atoms with Crippen LogP contribution in [-0.2, 0) is 4.74 Å². The number of ether oxygens (including phenoxy) is 1. The van der Waals surface area contributed by atoms with E-state index >= 15 is 0 Å². The first-order valence-corrected chi connectivity index (χ1v) is 6.14. The molecule has 0 rings (SSSR count). The van der Waals surface area contributed by atoms with Gasteiger partial charge in [0.05, 0.1) is 20.7 Å². The highest BCUT2D eigenvalue weighted by Gasteiger charge is 2.06. The third-order valence-electron chi connectivity index (χ3n) is 0.823. The molecule has 10 heavy (non-hydrogen) atoms. The third-order valence-corrected chi connectivity index (χ3v) is 1.63. The number of hydrogen-bond acceptors (Lipinski definition) is 1. The highest BCUT2D eigenvalue weighted by atomic mass is 28.3. The van der Waals surface area contributed by atoms with Crippen molar-refractivity contribution >= 4 is 8.80 Å². The van der Waals surface area contributed by atoms with Crippen LogP contribution in [0.2, 0.25) is 13.1 Å². The third kappa shape index (κ3) is 7.76. The molecular weight excluding hydrogens is 140 g/mol. The van der Waals surface area contributed by atoms with Gasteiger partial charge < -0.3 is 4.74 Å². The lowest BCUT2D eigenvalue weighted by Crippen LogP contribution is -2.15. The molecule has 0 aromatic carbocycles. The van der Waals surface area contributed by atoms with Gasteiger partial charge >= 0.3 is 0 Å². The Morgan fingerprint density at radius 2 is 1.70 bits per heavy atom. The van der Waals surface area contributed by atoms with Crippen LogP contribution in [0.5, 0.6) is 0 Å². The second-order valence-corrected chi connectivity index (χ2v) is 6.10.